The van der Waals surface area contributed by atoms with Crippen LogP contribution in [-0.4, -0.2) is 46.9 Å². The van der Waals surface area contributed by atoms with Crippen molar-refractivity contribution in [3.05, 3.63) is 74.8 Å². The third kappa shape index (κ3) is 3.73. The third-order valence-corrected chi connectivity index (χ3v) is 5.42. The number of carbonyl (C=O) groups excluding carboxylic acids is 1. The second kappa shape index (κ2) is 7.67. The second-order valence-electron chi connectivity index (χ2n) is 7.01. The van der Waals surface area contributed by atoms with Gasteiger partial charge in [-0.15, -0.1) is 0 Å². The summed E-state index contributed by atoms with van der Waals surface area (Å²) in [4.78, 5) is 32.1. The van der Waals surface area contributed by atoms with Crippen LogP contribution in [0, 0.1) is 17.0 Å². The molecule has 0 saturated carbocycles. The molecule has 148 valence electrons. The van der Waals surface area contributed by atoms with E-state index in [0.29, 0.717) is 26.2 Å². The van der Waals surface area contributed by atoms with Crippen LogP contribution < -0.4 is 4.90 Å². The Morgan fingerprint density at radius 2 is 1.83 bits per heavy atom. The normalized spacial score (nSPS) is 14.3. The number of aryl methyl sites for hydroxylation is 1. The number of nitro benzene ring substituents is 1. The highest BCUT2D eigenvalue weighted by molar-refractivity contribution is 6.31. The molecule has 1 aromatic heterocycles. The van der Waals surface area contributed by atoms with Crippen LogP contribution in [0.5, 0.6) is 0 Å². The first kappa shape index (κ1) is 19.1. The molecule has 1 aliphatic rings. The van der Waals surface area contributed by atoms with Crippen molar-refractivity contribution in [2.75, 3.05) is 31.1 Å². The number of hydrogen-bond acceptors (Lipinski definition) is 5. The molecule has 0 N–H and O–H groups in total. The second-order valence-corrected chi connectivity index (χ2v) is 7.45. The zero-order valence-corrected chi connectivity index (χ0v) is 16.6. The Morgan fingerprint density at radius 3 is 2.55 bits per heavy atom. The largest absolute Gasteiger partial charge is 0.353 e. The number of hydrogen-bond donors (Lipinski definition) is 0. The van der Waals surface area contributed by atoms with E-state index < -0.39 is 4.92 Å². The van der Waals surface area contributed by atoms with Crippen LogP contribution in [0.2, 0.25) is 5.02 Å². The van der Waals surface area contributed by atoms with E-state index in [4.69, 9.17) is 16.6 Å². The number of rotatable bonds is 3. The number of amides is 1. The number of halogens is 1. The van der Waals surface area contributed by atoms with Crippen molar-refractivity contribution in [1.29, 1.82) is 0 Å². The van der Waals surface area contributed by atoms with E-state index in [1.54, 1.807) is 4.90 Å². The molecule has 3 aromatic rings. The van der Waals surface area contributed by atoms with E-state index in [0.717, 1.165) is 22.3 Å². The number of carbonyl (C=O) groups is 1. The highest BCUT2D eigenvalue weighted by Crippen LogP contribution is 2.26. The van der Waals surface area contributed by atoms with Gasteiger partial charge < -0.3 is 9.80 Å². The summed E-state index contributed by atoms with van der Waals surface area (Å²) in [7, 11) is 0. The summed E-state index contributed by atoms with van der Waals surface area (Å²) in [5.41, 5.74) is 1.89. The van der Waals surface area contributed by atoms with Crippen LogP contribution in [0.25, 0.3) is 10.9 Å². The summed E-state index contributed by atoms with van der Waals surface area (Å²) in [5.74, 6) is 0.529. The summed E-state index contributed by atoms with van der Waals surface area (Å²) < 4.78 is 0. The molecule has 1 amide bonds. The first-order valence-corrected chi connectivity index (χ1v) is 9.66. The lowest BCUT2D eigenvalue weighted by atomic mass is 10.1. The number of pyridine rings is 1. The number of anilines is 1. The molecule has 7 nitrogen and oxygen atoms in total. The van der Waals surface area contributed by atoms with Crippen molar-refractivity contribution in [3.63, 3.8) is 0 Å². The Labute approximate surface area is 172 Å². The van der Waals surface area contributed by atoms with Gasteiger partial charge in [0.25, 0.3) is 11.6 Å². The van der Waals surface area contributed by atoms with Crippen LogP contribution in [-0.2, 0) is 0 Å². The highest BCUT2D eigenvalue weighted by atomic mass is 35.5. The Balaban J connectivity index is 1.52. The summed E-state index contributed by atoms with van der Waals surface area (Å²) in [5, 5.41) is 12.7. The molecule has 4 rings (SSSR count). The molecule has 0 bridgehead atoms. The molecule has 1 saturated heterocycles. The summed E-state index contributed by atoms with van der Waals surface area (Å²) in [6.07, 6.45) is 0. The molecule has 0 spiro atoms. The molecule has 2 heterocycles. The van der Waals surface area contributed by atoms with Gasteiger partial charge in [-0.1, -0.05) is 29.8 Å². The molecule has 2 aromatic carbocycles. The van der Waals surface area contributed by atoms with E-state index in [-0.39, 0.29) is 22.2 Å². The molecule has 0 atom stereocenters. The van der Waals surface area contributed by atoms with Crippen molar-refractivity contribution in [2.24, 2.45) is 0 Å². The van der Waals surface area contributed by atoms with Gasteiger partial charge in [-0.2, -0.15) is 0 Å². The van der Waals surface area contributed by atoms with Crippen molar-refractivity contribution in [1.82, 2.24) is 9.88 Å². The fourth-order valence-electron chi connectivity index (χ4n) is 3.64. The zero-order valence-electron chi connectivity index (χ0n) is 15.8. The van der Waals surface area contributed by atoms with Gasteiger partial charge in [0.15, 0.2) is 0 Å². The molecular weight excluding hydrogens is 392 g/mol. The minimum Gasteiger partial charge on any atom is -0.353 e. The maximum absolute atomic E-state index is 12.9. The topological polar surface area (TPSA) is 79.6 Å². The van der Waals surface area contributed by atoms with Gasteiger partial charge in [0.1, 0.15) is 11.4 Å². The first-order valence-electron chi connectivity index (χ1n) is 9.28. The minimum absolute atomic E-state index is 0.0625. The van der Waals surface area contributed by atoms with Gasteiger partial charge in [-0.25, -0.2) is 4.98 Å². The lowest BCUT2D eigenvalue weighted by Crippen LogP contribution is -2.49. The maximum Gasteiger partial charge on any atom is 0.283 e. The predicted octanol–water partition coefficient (Wildman–Crippen LogP) is 4.07. The van der Waals surface area contributed by atoms with Crippen molar-refractivity contribution < 1.29 is 9.72 Å². The summed E-state index contributed by atoms with van der Waals surface area (Å²) in [6.45, 7) is 4.21. The van der Waals surface area contributed by atoms with E-state index in [9.17, 15) is 14.9 Å². The molecule has 0 radical (unpaired) electrons. The standard InChI is InChI=1S/C21H19ClN4O3/c1-14-12-20(23-18-5-3-2-4-16(14)18)24-8-10-25(11-9-24)21(27)17-7-6-15(22)13-19(17)26(28)29/h2-7,12-13H,8-11H2,1H3. The quantitative estimate of drug-likeness (QED) is 0.480. The Kier molecular flexibility index (Phi) is 5.07. The van der Waals surface area contributed by atoms with Crippen molar-refractivity contribution >= 4 is 39.9 Å². The molecule has 0 unspecified atom stereocenters. The van der Waals surface area contributed by atoms with Crippen LogP contribution in [0.3, 0.4) is 0 Å². The fraction of sp³-hybridized carbons (Fsp3) is 0.238. The molecule has 0 aliphatic carbocycles. The summed E-state index contributed by atoms with van der Waals surface area (Å²) >= 11 is 5.85. The average molecular weight is 411 g/mol. The number of piperazine rings is 1. The van der Waals surface area contributed by atoms with E-state index in [1.807, 2.05) is 18.2 Å². The van der Waals surface area contributed by atoms with Crippen LogP contribution in [0.4, 0.5) is 11.5 Å². The van der Waals surface area contributed by atoms with Crippen LogP contribution >= 0.6 is 11.6 Å². The fourth-order valence-corrected chi connectivity index (χ4v) is 3.81. The average Bonchev–Trinajstić information content (AvgIpc) is 2.73. The van der Waals surface area contributed by atoms with Gasteiger partial charge in [-0.3, -0.25) is 14.9 Å². The number of nitrogens with zero attached hydrogens (tertiary/aromatic N) is 4. The van der Waals surface area contributed by atoms with Gasteiger partial charge in [0.05, 0.1) is 10.4 Å². The van der Waals surface area contributed by atoms with Gasteiger partial charge in [0.2, 0.25) is 0 Å². The van der Waals surface area contributed by atoms with E-state index in [2.05, 4.69) is 24.0 Å². The number of nitro groups is 1. The van der Waals surface area contributed by atoms with Gasteiger partial charge in [-0.05, 0) is 36.8 Å². The van der Waals surface area contributed by atoms with E-state index in [1.165, 1.54) is 18.2 Å². The SMILES string of the molecule is Cc1cc(N2CCN(C(=O)c3ccc(Cl)cc3[N+](=O)[O-])CC2)nc2ccccc12. The lowest BCUT2D eigenvalue weighted by Gasteiger charge is -2.35. The summed E-state index contributed by atoms with van der Waals surface area (Å²) in [6, 6.07) is 14.2. The first-order chi connectivity index (χ1) is 13.9. The molecule has 29 heavy (non-hydrogen) atoms. The predicted molar refractivity (Wildman–Crippen MR) is 113 cm³/mol. The third-order valence-electron chi connectivity index (χ3n) is 5.19. The molecule has 1 aliphatic heterocycles. The van der Waals surface area contributed by atoms with Crippen molar-refractivity contribution in [3.8, 4) is 0 Å². The monoisotopic (exact) mass is 410 g/mol. The van der Waals surface area contributed by atoms with E-state index >= 15 is 0 Å². The maximum atomic E-state index is 12.9. The Morgan fingerprint density at radius 1 is 1.10 bits per heavy atom. The Bertz CT molecular complexity index is 1110. The molecule has 8 heteroatoms. The van der Waals surface area contributed by atoms with Crippen molar-refractivity contribution in [2.45, 2.75) is 6.92 Å². The lowest BCUT2D eigenvalue weighted by molar-refractivity contribution is -0.385. The molecule has 1 fully saturated rings. The number of aromatic nitrogens is 1. The number of fused-ring (bicyclic) bond motifs is 1. The molecular formula is C21H19ClN4O3. The smallest absolute Gasteiger partial charge is 0.283 e. The Hall–Kier alpha value is -3.19. The van der Waals surface area contributed by atoms with Crippen LogP contribution in [0.15, 0.2) is 48.5 Å². The zero-order chi connectivity index (χ0) is 20.5. The number of benzene rings is 2. The van der Waals surface area contributed by atoms with Crippen LogP contribution in [0.1, 0.15) is 15.9 Å². The van der Waals surface area contributed by atoms with Gasteiger partial charge >= 0.3 is 0 Å². The minimum atomic E-state index is -0.572. The highest BCUT2D eigenvalue weighted by Gasteiger charge is 2.28. The van der Waals surface area contributed by atoms with Gasteiger partial charge in [0, 0.05) is 42.7 Å². The number of para-hydroxylation sites is 1.